The number of nitriles is 2. The van der Waals surface area contributed by atoms with Gasteiger partial charge in [-0.25, -0.2) is 0 Å². The van der Waals surface area contributed by atoms with Crippen LogP contribution in [0.15, 0.2) is 22.7 Å². The predicted molar refractivity (Wildman–Crippen MR) is 74.9 cm³/mol. The first-order chi connectivity index (χ1) is 9.10. The standard InChI is InChI=1S/C13H13BrN4O/c14-10-3-4-11(12(17)9-10)13(19)18(7-1-5-15)8-2-6-16/h3-4,9H,1-2,7-8,17H2. The highest BCUT2D eigenvalue weighted by molar-refractivity contribution is 9.10. The number of rotatable bonds is 5. The van der Waals surface area contributed by atoms with E-state index >= 15 is 0 Å². The van der Waals surface area contributed by atoms with Crippen LogP contribution in [0.2, 0.25) is 0 Å². The Kier molecular flexibility index (Phi) is 5.84. The maximum atomic E-state index is 12.3. The second kappa shape index (κ2) is 7.40. The molecule has 0 unspecified atom stereocenters. The molecular weight excluding hydrogens is 308 g/mol. The average molecular weight is 321 g/mol. The summed E-state index contributed by atoms with van der Waals surface area (Å²) in [4.78, 5) is 13.8. The molecule has 0 bridgehead atoms. The number of hydrogen-bond donors (Lipinski definition) is 1. The predicted octanol–water partition coefficient (Wildman–Crippen LogP) is 2.30. The summed E-state index contributed by atoms with van der Waals surface area (Å²) >= 11 is 3.28. The van der Waals surface area contributed by atoms with E-state index in [1.54, 1.807) is 18.2 Å². The van der Waals surface area contributed by atoms with Crippen molar-refractivity contribution in [1.29, 1.82) is 10.5 Å². The Morgan fingerprint density at radius 1 is 1.26 bits per heavy atom. The molecule has 0 aliphatic rings. The molecule has 1 aromatic rings. The van der Waals surface area contributed by atoms with Gasteiger partial charge in [-0.15, -0.1) is 0 Å². The number of amides is 1. The number of anilines is 1. The van der Waals surface area contributed by atoms with Crippen LogP contribution in [-0.2, 0) is 0 Å². The molecule has 0 atom stereocenters. The lowest BCUT2D eigenvalue weighted by Gasteiger charge is -2.21. The van der Waals surface area contributed by atoms with Gasteiger partial charge >= 0.3 is 0 Å². The highest BCUT2D eigenvalue weighted by Crippen LogP contribution is 2.20. The minimum Gasteiger partial charge on any atom is -0.398 e. The SMILES string of the molecule is N#CCCN(CCC#N)C(=O)c1ccc(Br)cc1N. The van der Waals surface area contributed by atoms with Crippen LogP contribution in [0, 0.1) is 22.7 Å². The summed E-state index contributed by atoms with van der Waals surface area (Å²) in [5, 5.41) is 17.2. The summed E-state index contributed by atoms with van der Waals surface area (Å²) in [6.45, 7) is 0.596. The number of benzene rings is 1. The van der Waals surface area contributed by atoms with Crippen LogP contribution in [0.5, 0.6) is 0 Å². The Hall–Kier alpha value is -2.05. The molecule has 1 rings (SSSR count). The van der Waals surface area contributed by atoms with Crippen LogP contribution in [-0.4, -0.2) is 23.9 Å². The fourth-order valence-electron chi connectivity index (χ4n) is 1.58. The van der Waals surface area contributed by atoms with Crippen molar-refractivity contribution >= 4 is 27.5 Å². The Morgan fingerprint density at radius 2 is 1.84 bits per heavy atom. The summed E-state index contributed by atoms with van der Waals surface area (Å²) in [5.41, 5.74) is 6.57. The minimum absolute atomic E-state index is 0.230. The topological polar surface area (TPSA) is 93.9 Å². The lowest BCUT2D eigenvalue weighted by Crippen LogP contribution is -2.33. The summed E-state index contributed by atoms with van der Waals surface area (Å²) in [6.07, 6.45) is 0.460. The van der Waals surface area contributed by atoms with Crippen molar-refractivity contribution in [2.45, 2.75) is 12.8 Å². The molecule has 0 fully saturated rings. The Balaban J connectivity index is 2.91. The van der Waals surface area contributed by atoms with Gasteiger partial charge < -0.3 is 10.6 Å². The average Bonchev–Trinajstić information content (AvgIpc) is 2.38. The van der Waals surface area contributed by atoms with Gasteiger partial charge in [0.25, 0.3) is 5.91 Å². The Morgan fingerprint density at radius 3 is 2.32 bits per heavy atom. The molecule has 5 nitrogen and oxygen atoms in total. The maximum absolute atomic E-state index is 12.3. The third kappa shape index (κ3) is 4.27. The van der Waals surface area contributed by atoms with E-state index in [-0.39, 0.29) is 18.7 Å². The monoisotopic (exact) mass is 320 g/mol. The zero-order valence-corrected chi connectivity index (χ0v) is 11.9. The van der Waals surface area contributed by atoms with Gasteiger partial charge in [0.1, 0.15) is 0 Å². The number of halogens is 1. The second-order valence-electron chi connectivity index (χ2n) is 3.84. The summed E-state index contributed by atoms with van der Waals surface area (Å²) in [7, 11) is 0. The first kappa shape index (κ1) is 15.0. The van der Waals surface area contributed by atoms with E-state index in [2.05, 4.69) is 15.9 Å². The highest BCUT2D eigenvalue weighted by Gasteiger charge is 2.17. The van der Waals surface area contributed by atoms with E-state index in [1.165, 1.54) is 4.90 Å². The van der Waals surface area contributed by atoms with Crippen LogP contribution < -0.4 is 5.73 Å². The number of hydrogen-bond acceptors (Lipinski definition) is 4. The molecule has 6 heteroatoms. The van der Waals surface area contributed by atoms with Gasteiger partial charge in [-0.1, -0.05) is 15.9 Å². The Bertz CT molecular complexity index is 527. The molecule has 0 saturated carbocycles. The zero-order valence-electron chi connectivity index (χ0n) is 10.3. The highest BCUT2D eigenvalue weighted by atomic mass is 79.9. The number of nitrogen functional groups attached to an aromatic ring is 1. The number of carbonyl (C=O) groups is 1. The van der Waals surface area contributed by atoms with Crippen molar-refractivity contribution in [1.82, 2.24) is 4.90 Å². The molecule has 1 amide bonds. The van der Waals surface area contributed by atoms with Crippen molar-refractivity contribution < 1.29 is 4.79 Å². The summed E-state index contributed by atoms with van der Waals surface area (Å²) in [5.74, 6) is -0.254. The first-order valence-corrected chi connectivity index (χ1v) is 6.47. The van der Waals surface area contributed by atoms with E-state index in [0.29, 0.717) is 24.3 Å². The normalized spacial score (nSPS) is 9.42. The summed E-state index contributed by atoms with van der Waals surface area (Å²) in [6, 6.07) is 9.00. The van der Waals surface area contributed by atoms with Gasteiger partial charge in [-0.05, 0) is 18.2 Å². The molecule has 0 aromatic heterocycles. The van der Waals surface area contributed by atoms with Crippen LogP contribution in [0.4, 0.5) is 5.69 Å². The third-order valence-corrected chi connectivity index (χ3v) is 3.01. The van der Waals surface area contributed by atoms with Gasteiger partial charge in [-0.3, -0.25) is 4.79 Å². The van der Waals surface area contributed by atoms with E-state index in [9.17, 15) is 4.79 Å². The first-order valence-electron chi connectivity index (χ1n) is 5.68. The molecule has 0 saturated heterocycles. The molecule has 1 aromatic carbocycles. The molecule has 2 N–H and O–H groups in total. The molecular formula is C13H13BrN4O. The van der Waals surface area contributed by atoms with Crippen molar-refractivity contribution in [2.75, 3.05) is 18.8 Å². The molecule has 0 spiro atoms. The van der Waals surface area contributed by atoms with Crippen LogP contribution >= 0.6 is 15.9 Å². The quantitative estimate of drug-likeness (QED) is 0.842. The fourth-order valence-corrected chi connectivity index (χ4v) is 1.96. The van der Waals surface area contributed by atoms with Gasteiger partial charge in [0.05, 0.1) is 30.5 Å². The molecule has 0 heterocycles. The second-order valence-corrected chi connectivity index (χ2v) is 4.76. The Labute approximate surface area is 120 Å². The van der Waals surface area contributed by atoms with Gasteiger partial charge in [0.2, 0.25) is 0 Å². The number of nitrogens with zero attached hydrogens (tertiary/aromatic N) is 3. The number of nitrogens with two attached hydrogens (primary N) is 1. The van der Waals surface area contributed by atoms with Crippen molar-refractivity contribution in [3.05, 3.63) is 28.2 Å². The molecule has 0 radical (unpaired) electrons. The molecule has 98 valence electrons. The lowest BCUT2D eigenvalue weighted by atomic mass is 10.1. The summed E-state index contributed by atoms with van der Waals surface area (Å²) < 4.78 is 0.794. The van der Waals surface area contributed by atoms with Crippen molar-refractivity contribution in [3.63, 3.8) is 0 Å². The smallest absolute Gasteiger partial charge is 0.256 e. The molecule has 0 aliphatic carbocycles. The fraction of sp³-hybridized carbons (Fsp3) is 0.308. The maximum Gasteiger partial charge on any atom is 0.256 e. The van der Waals surface area contributed by atoms with Gasteiger partial charge in [-0.2, -0.15) is 10.5 Å². The van der Waals surface area contributed by atoms with Gasteiger partial charge in [0, 0.05) is 23.2 Å². The third-order valence-electron chi connectivity index (χ3n) is 2.52. The zero-order chi connectivity index (χ0) is 14.3. The van der Waals surface area contributed by atoms with Crippen LogP contribution in [0.25, 0.3) is 0 Å². The minimum atomic E-state index is -0.254. The van der Waals surface area contributed by atoms with Crippen molar-refractivity contribution in [2.24, 2.45) is 0 Å². The van der Waals surface area contributed by atoms with Gasteiger partial charge in [0.15, 0.2) is 0 Å². The largest absolute Gasteiger partial charge is 0.398 e. The molecule has 19 heavy (non-hydrogen) atoms. The van der Waals surface area contributed by atoms with Crippen LogP contribution in [0.3, 0.4) is 0 Å². The lowest BCUT2D eigenvalue weighted by molar-refractivity contribution is 0.0763. The van der Waals surface area contributed by atoms with Crippen LogP contribution in [0.1, 0.15) is 23.2 Å². The van der Waals surface area contributed by atoms with E-state index < -0.39 is 0 Å². The number of carbonyl (C=O) groups excluding carboxylic acids is 1. The van der Waals surface area contributed by atoms with E-state index in [0.717, 1.165) is 4.47 Å². The van der Waals surface area contributed by atoms with Crippen molar-refractivity contribution in [3.8, 4) is 12.1 Å². The molecule has 0 aliphatic heterocycles. The van der Waals surface area contributed by atoms with E-state index in [1.807, 2.05) is 12.1 Å². The van der Waals surface area contributed by atoms with E-state index in [4.69, 9.17) is 16.3 Å².